The Balaban J connectivity index is 0.00000225. The molecule has 140 valence electrons. The smallest absolute Gasteiger partial charge is 0.224 e. The normalized spacial score (nSPS) is 32.8. The molecule has 4 atom stereocenters. The summed E-state index contributed by atoms with van der Waals surface area (Å²) in [6.07, 6.45) is 4.50. The van der Waals surface area contributed by atoms with Gasteiger partial charge in [0.2, 0.25) is 5.91 Å². The molecule has 1 aliphatic heterocycles. The van der Waals surface area contributed by atoms with Gasteiger partial charge in [-0.05, 0) is 51.3 Å². The molecule has 0 bridgehead atoms. The Morgan fingerprint density at radius 2 is 1.88 bits per heavy atom. The molecule has 3 rings (SSSR count). The third-order valence-electron chi connectivity index (χ3n) is 5.41. The monoisotopic (exact) mass is 404 g/mol. The molecular formula is C19H27Cl3N2O. The van der Waals surface area contributed by atoms with Crippen LogP contribution in [0.3, 0.4) is 0 Å². The summed E-state index contributed by atoms with van der Waals surface area (Å²) in [6.45, 7) is 4.22. The van der Waals surface area contributed by atoms with Crippen molar-refractivity contribution in [2.75, 3.05) is 13.1 Å². The van der Waals surface area contributed by atoms with Crippen LogP contribution in [0.15, 0.2) is 30.3 Å². The number of hydrogen-bond acceptors (Lipinski definition) is 2. The van der Waals surface area contributed by atoms with E-state index in [1.165, 1.54) is 12.8 Å². The summed E-state index contributed by atoms with van der Waals surface area (Å²) in [7, 11) is 0. The molecule has 1 saturated carbocycles. The number of likely N-dealkylation sites (tertiary alicyclic amines) is 1. The highest BCUT2D eigenvalue weighted by atomic mass is 35.5. The van der Waals surface area contributed by atoms with Gasteiger partial charge in [-0.25, -0.2) is 0 Å². The van der Waals surface area contributed by atoms with Crippen LogP contribution in [0.4, 0.5) is 0 Å². The predicted molar refractivity (Wildman–Crippen MR) is 107 cm³/mol. The first kappa shape index (κ1) is 20.8. The van der Waals surface area contributed by atoms with Crippen molar-refractivity contribution in [2.24, 2.45) is 0 Å². The van der Waals surface area contributed by atoms with Crippen LogP contribution in [0.25, 0.3) is 0 Å². The second-order valence-electron chi connectivity index (χ2n) is 7.32. The maximum atomic E-state index is 12.6. The van der Waals surface area contributed by atoms with Gasteiger partial charge in [-0.2, -0.15) is 0 Å². The average molecular weight is 406 g/mol. The van der Waals surface area contributed by atoms with Gasteiger partial charge < -0.3 is 5.32 Å². The quantitative estimate of drug-likeness (QED) is 0.768. The van der Waals surface area contributed by atoms with Crippen molar-refractivity contribution >= 4 is 41.5 Å². The van der Waals surface area contributed by atoms with Gasteiger partial charge in [-0.15, -0.1) is 35.6 Å². The molecular weight excluding hydrogens is 379 g/mol. The Kier molecular flexibility index (Phi) is 7.45. The zero-order valence-electron chi connectivity index (χ0n) is 14.6. The van der Waals surface area contributed by atoms with Crippen LogP contribution < -0.4 is 5.32 Å². The molecule has 6 heteroatoms. The molecule has 25 heavy (non-hydrogen) atoms. The summed E-state index contributed by atoms with van der Waals surface area (Å²) in [4.78, 5) is 15.1. The molecule has 0 unspecified atom stereocenters. The van der Waals surface area contributed by atoms with E-state index >= 15 is 0 Å². The highest BCUT2D eigenvalue weighted by Gasteiger charge is 2.49. The summed E-state index contributed by atoms with van der Waals surface area (Å²) in [5.74, 6) is 0.0600. The van der Waals surface area contributed by atoms with Crippen molar-refractivity contribution in [3.05, 3.63) is 35.9 Å². The first-order valence-corrected chi connectivity index (χ1v) is 9.74. The van der Waals surface area contributed by atoms with E-state index in [9.17, 15) is 4.79 Å². The predicted octanol–water partition coefficient (Wildman–Crippen LogP) is 4.00. The molecule has 2 aliphatic rings. The molecule has 0 spiro atoms. The number of halogens is 3. The van der Waals surface area contributed by atoms with Crippen LogP contribution in [0, 0.1) is 0 Å². The number of alkyl halides is 2. The summed E-state index contributed by atoms with van der Waals surface area (Å²) in [6, 6.07) is 9.96. The fourth-order valence-corrected chi connectivity index (χ4v) is 5.01. The molecule has 1 amide bonds. The van der Waals surface area contributed by atoms with E-state index in [1.807, 2.05) is 30.3 Å². The second kappa shape index (κ2) is 8.94. The topological polar surface area (TPSA) is 32.3 Å². The standard InChI is InChI=1S/C19H26Cl2N2O.ClH/c1-19(22-16(24)13-14-7-3-2-4-8-14)10-9-15(20)17(21)18(19)23-11-5-6-12-23;/h2-4,7-8,15,17-18H,5-6,9-13H2,1H3,(H,22,24);1H/t15-,17+,18+,19-;/m0./s1. The number of benzene rings is 1. The van der Waals surface area contributed by atoms with Crippen molar-refractivity contribution < 1.29 is 4.79 Å². The summed E-state index contributed by atoms with van der Waals surface area (Å²) in [5.41, 5.74) is 0.707. The van der Waals surface area contributed by atoms with Gasteiger partial charge in [-0.3, -0.25) is 9.69 Å². The molecule has 1 N–H and O–H groups in total. The van der Waals surface area contributed by atoms with Crippen molar-refractivity contribution in [2.45, 2.75) is 61.4 Å². The highest BCUT2D eigenvalue weighted by molar-refractivity contribution is 6.30. The van der Waals surface area contributed by atoms with E-state index in [0.29, 0.717) is 6.42 Å². The Morgan fingerprint density at radius 1 is 1.24 bits per heavy atom. The largest absolute Gasteiger partial charge is 0.349 e. The fraction of sp³-hybridized carbons (Fsp3) is 0.632. The molecule has 2 fully saturated rings. The van der Waals surface area contributed by atoms with E-state index in [2.05, 4.69) is 17.1 Å². The maximum Gasteiger partial charge on any atom is 0.224 e. The summed E-state index contributed by atoms with van der Waals surface area (Å²) in [5, 5.41) is 3.13. The van der Waals surface area contributed by atoms with Crippen molar-refractivity contribution in [1.29, 1.82) is 0 Å². The van der Waals surface area contributed by atoms with Crippen LogP contribution in [-0.2, 0) is 11.2 Å². The Bertz CT molecular complexity index is 563. The van der Waals surface area contributed by atoms with E-state index in [0.717, 1.165) is 31.5 Å². The fourth-order valence-electron chi connectivity index (χ4n) is 4.20. The number of carbonyl (C=O) groups is 1. The third-order valence-corrected chi connectivity index (χ3v) is 6.57. The van der Waals surface area contributed by atoms with Gasteiger partial charge in [0.15, 0.2) is 0 Å². The number of nitrogens with zero attached hydrogens (tertiary/aromatic N) is 1. The molecule has 3 nitrogen and oxygen atoms in total. The lowest BCUT2D eigenvalue weighted by Gasteiger charge is -2.50. The van der Waals surface area contributed by atoms with Crippen molar-refractivity contribution in [1.82, 2.24) is 10.2 Å². The molecule has 1 aliphatic carbocycles. The van der Waals surface area contributed by atoms with Crippen LogP contribution in [-0.4, -0.2) is 46.2 Å². The molecule has 0 radical (unpaired) electrons. The first-order valence-electron chi connectivity index (χ1n) is 8.87. The minimum atomic E-state index is -0.325. The second-order valence-corrected chi connectivity index (χ2v) is 8.38. The van der Waals surface area contributed by atoms with E-state index < -0.39 is 0 Å². The minimum absolute atomic E-state index is 0. The lowest BCUT2D eigenvalue weighted by Crippen LogP contribution is -2.67. The lowest BCUT2D eigenvalue weighted by molar-refractivity contribution is -0.123. The Labute approximate surface area is 166 Å². The van der Waals surface area contributed by atoms with Crippen LogP contribution in [0.2, 0.25) is 0 Å². The van der Waals surface area contributed by atoms with Gasteiger partial charge in [0.1, 0.15) is 0 Å². The first-order chi connectivity index (χ1) is 11.5. The molecule has 1 heterocycles. The van der Waals surface area contributed by atoms with Crippen LogP contribution in [0.1, 0.15) is 38.2 Å². The van der Waals surface area contributed by atoms with E-state index in [-0.39, 0.29) is 40.6 Å². The Morgan fingerprint density at radius 3 is 2.52 bits per heavy atom. The SMILES string of the molecule is C[C@]1(NC(=O)Cc2ccccc2)CC[C@H](Cl)[C@@H](Cl)[C@H]1N1CCCC1.Cl. The minimum Gasteiger partial charge on any atom is -0.349 e. The lowest BCUT2D eigenvalue weighted by atomic mass is 9.77. The highest BCUT2D eigenvalue weighted by Crippen LogP contribution is 2.39. The Hall–Kier alpha value is -0.480. The third kappa shape index (κ3) is 4.82. The zero-order valence-corrected chi connectivity index (χ0v) is 16.9. The molecule has 1 saturated heterocycles. The van der Waals surface area contributed by atoms with Crippen LogP contribution >= 0.6 is 35.6 Å². The van der Waals surface area contributed by atoms with E-state index in [1.54, 1.807) is 0 Å². The number of carbonyl (C=O) groups excluding carboxylic acids is 1. The van der Waals surface area contributed by atoms with Gasteiger partial charge >= 0.3 is 0 Å². The molecule has 1 aromatic carbocycles. The number of hydrogen-bond donors (Lipinski definition) is 1. The van der Waals surface area contributed by atoms with E-state index in [4.69, 9.17) is 23.2 Å². The van der Waals surface area contributed by atoms with Gasteiger partial charge in [0, 0.05) is 0 Å². The van der Waals surface area contributed by atoms with Crippen molar-refractivity contribution in [3.8, 4) is 0 Å². The maximum absolute atomic E-state index is 12.6. The van der Waals surface area contributed by atoms with Crippen LogP contribution in [0.5, 0.6) is 0 Å². The summed E-state index contributed by atoms with van der Waals surface area (Å²) >= 11 is 13.2. The number of rotatable bonds is 4. The van der Waals surface area contributed by atoms with Gasteiger partial charge in [-0.1, -0.05) is 30.3 Å². The summed E-state index contributed by atoms with van der Waals surface area (Å²) < 4.78 is 0. The average Bonchev–Trinajstić information content (AvgIpc) is 3.06. The number of amides is 1. The zero-order chi connectivity index (χ0) is 17.2. The molecule has 0 aromatic heterocycles. The molecule has 1 aromatic rings. The van der Waals surface area contributed by atoms with Gasteiger partial charge in [0.25, 0.3) is 0 Å². The number of nitrogens with one attached hydrogen (secondary N) is 1. The van der Waals surface area contributed by atoms with Gasteiger partial charge in [0.05, 0.1) is 28.8 Å². The van der Waals surface area contributed by atoms with Crippen molar-refractivity contribution in [3.63, 3.8) is 0 Å².